The van der Waals surface area contributed by atoms with Crippen LogP contribution in [0.3, 0.4) is 0 Å². The maximum absolute atomic E-state index is 13.8. The summed E-state index contributed by atoms with van der Waals surface area (Å²) in [6.45, 7) is 2.13. The number of amides is 1. The summed E-state index contributed by atoms with van der Waals surface area (Å²) in [6, 6.07) is 8.44. The van der Waals surface area contributed by atoms with Gasteiger partial charge in [0.1, 0.15) is 0 Å². The van der Waals surface area contributed by atoms with E-state index in [1.54, 1.807) is 13.0 Å². The first-order valence-corrected chi connectivity index (χ1v) is 7.86. The van der Waals surface area contributed by atoms with E-state index in [2.05, 4.69) is 0 Å². The van der Waals surface area contributed by atoms with Crippen LogP contribution in [0.1, 0.15) is 22.8 Å². The first-order valence-electron chi connectivity index (χ1n) is 7.86. The minimum Gasteiger partial charge on any atom is -0.494 e. The number of benzene rings is 2. The summed E-state index contributed by atoms with van der Waals surface area (Å²) in [4.78, 5) is 24.5. The van der Waals surface area contributed by atoms with Gasteiger partial charge in [-0.15, -0.1) is 0 Å². The smallest absolute Gasteiger partial charge is 0.311 e. The number of nitro benzene ring substituents is 1. The number of hydrogen-bond donors (Lipinski definition) is 0. The quantitative estimate of drug-likeness (QED) is 0.557. The molecule has 0 aromatic heterocycles. The molecule has 0 heterocycles. The van der Waals surface area contributed by atoms with Crippen LogP contribution in [0.4, 0.5) is 10.1 Å². The summed E-state index contributed by atoms with van der Waals surface area (Å²) >= 11 is 0. The Morgan fingerprint density at radius 2 is 1.92 bits per heavy atom. The Hall–Kier alpha value is -3.16. The van der Waals surface area contributed by atoms with Crippen LogP contribution in [0, 0.1) is 15.9 Å². The molecule has 0 radical (unpaired) electrons. The van der Waals surface area contributed by atoms with Gasteiger partial charge in [0.15, 0.2) is 17.3 Å². The summed E-state index contributed by atoms with van der Waals surface area (Å²) in [5, 5.41) is 11.2. The van der Waals surface area contributed by atoms with E-state index in [1.807, 2.05) is 0 Å². The Balaban J connectivity index is 2.21. The molecule has 138 valence electrons. The molecule has 0 fully saturated rings. The minimum atomic E-state index is -0.597. The third-order valence-corrected chi connectivity index (χ3v) is 3.69. The zero-order valence-corrected chi connectivity index (χ0v) is 14.7. The number of carbonyl (C=O) groups excluding carboxylic acids is 1. The number of carbonyl (C=O) groups is 1. The molecule has 7 nitrogen and oxygen atoms in total. The zero-order valence-electron chi connectivity index (χ0n) is 14.7. The van der Waals surface area contributed by atoms with E-state index in [9.17, 15) is 19.3 Å². The highest BCUT2D eigenvalue weighted by Gasteiger charge is 2.20. The molecule has 0 aliphatic heterocycles. The predicted molar refractivity (Wildman–Crippen MR) is 93.0 cm³/mol. The van der Waals surface area contributed by atoms with Crippen molar-refractivity contribution in [2.75, 3.05) is 20.8 Å². The molecule has 1 amide bonds. The van der Waals surface area contributed by atoms with Gasteiger partial charge in [0, 0.05) is 25.2 Å². The normalized spacial score (nSPS) is 10.3. The van der Waals surface area contributed by atoms with Gasteiger partial charge in [0.05, 0.1) is 18.6 Å². The van der Waals surface area contributed by atoms with Gasteiger partial charge in [-0.1, -0.05) is 6.07 Å². The van der Waals surface area contributed by atoms with Crippen molar-refractivity contribution in [3.8, 4) is 11.5 Å². The van der Waals surface area contributed by atoms with E-state index >= 15 is 0 Å². The highest BCUT2D eigenvalue weighted by atomic mass is 19.1. The van der Waals surface area contributed by atoms with Crippen LogP contribution in [0.2, 0.25) is 0 Å². The monoisotopic (exact) mass is 362 g/mol. The topological polar surface area (TPSA) is 81.9 Å². The van der Waals surface area contributed by atoms with Crippen LogP contribution >= 0.6 is 0 Å². The standard InChI is InChI=1S/C18H19FN2O5/c1-4-26-17-8-6-13(10-15(17)21(23)24)18(22)20(2)11-12-5-7-16(25-3)14(19)9-12/h5-10H,4,11H2,1-3H3. The summed E-state index contributed by atoms with van der Waals surface area (Å²) in [5.41, 5.74) is 0.442. The molecule has 2 aromatic carbocycles. The summed E-state index contributed by atoms with van der Waals surface area (Å²) in [5.74, 6) is -0.728. The fourth-order valence-corrected chi connectivity index (χ4v) is 2.44. The average molecular weight is 362 g/mol. The largest absolute Gasteiger partial charge is 0.494 e. The number of methoxy groups -OCH3 is 1. The molecule has 0 unspecified atom stereocenters. The van der Waals surface area contributed by atoms with E-state index in [4.69, 9.17) is 9.47 Å². The van der Waals surface area contributed by atoms with Crippen LogP contribution in [-0.2, 0) is 6.54 Å². The molecule has 0 aliphatic rings. The molecular weight excluding hydrogens is 343 g/mol. The van der Waals surface area contributed by atoms with Gasteiger partial charge in [-0.3, -0.25) is 14.9 Å². The van der Waals surface area contributed by atoms with Crippen molar-refractivity contribution in [3.05, 3.63) is 63.5 Å². The molecule has 2 rings (SSSR count). The van der Waals surface area contributed by atoms with Crippen molar-refractivity contribution >= 4 is 11.6 Å². The van der Waals surface area contributed by atoms with E-state index in [1.165, 1.54) is 49.4 Å². The second-order valence-electron chi connectivity index (χ2n) is 5.50. The molecular formula is C18H19FN2O5. The van der Waals surface area contributed by atoms with Crippen molar-refractivity contribution < 1.29 is 23.6 Å². The van der Waals surface area contributed by atoms with Crippen molar-refractivity contribution in [3.63, 3.8) is 0 Å². The van der Waals surface area contributed by atoms with E-state index in [0.717, 1.165) is 0 Å². The molecule has 0 atom stereocenters. The number of hydrogen-bond acceptors (Lipinski definition) is 5. The molecule has 8 heteroatoms. The Morgan fingerprint density at radius 3 is 2.50 bits per heavy atom. The van der Waals surface area contributed by atoms with Crippen molar-refractivity contribution in [2.45, 2.75) is 13.5 Å². The minimum absolute atomic E-state index is 0.105. The number of halogens is 1. The third-order valence-electron chi connectivity index (χ3n) is 3.69. The maximum atomic E-state index is 13.8. The molecule has 0 N–H and O–H groups in total. The van der Waals surface area contributed by atoms with Crippen LogP contribution in [0.15, 0.2) is 36.4 Å². The third kappa shape index (κ3) is 4.27. The van der Waals surface area contributed by atoms with Gasteiger partial charge in [-0.05, 0) is 36.8 Å². The van der Waals surface area contributed by atoms with E-state index in [0.29, 0.717) is 5.56 Å². The number of nitrogens with zero attached hydrogens (tertiary/aromatic N) is 2. The maximum Gasteiger partial charge on any atom is 0.311 e. The summed E-state index contributed by atoms with van der Waals surface area (Å²) < 4.78 is 23.8. The molecule has 0 saturated carbocycles. The number of ether oxygens (including phenoxy) is 2. The van der Waals surface area contributed by atoms with Gasteiger partial charge in [0.2, 0.25) is 0 Å². The Kier molecular flexibility index (Phi) is 6.11. The van der Waals surface area contributed by atoms with Crippen LogP contribution in [0.25, 0.3) is 0 Å². The second kappa shape index (κ2) is 8.28. The zero-order chi connectivity index (χ0) is 19.3. The van der Waals surface area contributed by atoms with Crippen LogP contribution < -0.4 is 9.47 Å². The molecule has 0 bridgehead atoms. The highest BCUT2D eigenvalue weighted by molar-refractivity contribution is 5.95. The average Bonchev–Trinajstić information content (AvgIpc) is 2.61. The first kappa shape index (κ1) is 19.2. The second-order valence-corrected chi connectivity index (χ2v) is 5.50. The Labute approximate surface area is 150 Å². The van der Waals surface area contributed by atoms with Gasteiger partial charge in [-0.25, -0.2) is 4.39 Å². The summed E-state index contributed by atoms with van der Waals surface area (Å²) in [6.07, 6.45) is 0. The summed E-state index contributed by atoms with van der Waals surface area (Å²) in [7, 11) is 2.90. The SMILES string of the molecule is CCOc1ccc(C(=O)N(C)Cc2ccc(OC)c(F)c2)cc1[N+](=O)[O-]. The molecule has 26 heavy (non-hydrogen) atoms. The highest BCUT2D eigenvalue weighted by Crippen LogP contribution is 2.28. The lowest BCUT2D eigenvalue weighted by Gasteiger charge is -2.18. The molecule has 2 aromatic rings. The molecule has 0 aliphatic carbocycles. The number of rotatable bonds is 7. The Morgan fingerprint density at radius 1 is 1.23 bits per heavy atom. The molecule has 0 spiro atoms. The van der Waals surface area contributed by atoms with Crippen molar-refractivity contribution in [2.24, 2.45) is 0 Å². The number of nitro groups is 1. The van der Waals surface area contributed by atoms with Crippen molar-refractivity contribution in [1.29, 1.82) is 0 Å². The van der Waals surface area contributed by atoms with Crippen molar-refractivity contribution in [1.82, 2.24) is 4.90 Å². The van der Waals surface area contributed by atoms with Gasteiger partial charge >= 0.3 is 5.69 Å². The first-order chi connectivity index (χ1) is 12.4. The fourth-order valence-electron chi connectivity index (χ4n) is 2.44. The predicted octanol–water partition coefficient (Wildman–Crippen LogP) is 3.41. The lowest BCUT2D eigenvalue weighted by atomic mass is 10.1. The molecule has 0 saturated heterocycles. The van der Waals surface area contributed by atoms with Crippen LogP contribution in [-0.4, -0.2) is 36.5 Å². The Bertz CT molecular complexity index is 825. The van der Waals surface area contributed by atoms with Crippen LogP contribution in [0.5, 0.6) is 11.5 Å². The fraction of sp³-hybridized carbons (Fsp3) is 0.278. The lowest BCUT2D eigenvalue weighted by Crippen LogP contribution is -2.26. The van der Waals surface area contributed by atoms with E-state index in [-0.39, 0.29) is 35.9 Å². The van der Waals surface area contributed by atoms with Gasteiger partial charge < -0.3 is 14.4 Å². The van der Waals surface area contributed by atoms with Gasteiger partial charge in [0.25, 0.3) is 5.91 Å². The van der Waals surface area contributed by atoms with Gasteiger partial charge in [-0.2, -0.15) is 0 Å². The van der Waals surface area contributed by atoms with E-state index < -0.39 is 16.6 Å². The lowest BCUT2D eigenvalue weighted by molar-refractivity contribution is -0.385.